The van der Waals surface area contributed by atoms with Gasteiger partial charge in [-0.3, -0.25) is 4.68 Å². The third-order valence-corrected chi connectivity index (χ3v) is 3.17. The largest absolute Gasteiger partial charge is 0.330 e. The highest BCUT2D eigenvalue weighted by molar-refractivity contribution is 5.28. The summed E-state index contributed by atoms with van der Waals surface area (Å²) in [4.78, 5) is 0. The molecule has 1 aromatic rings. The van der Waals surface area contributed by atoms with Crippen molar-refractivity contribution in [1.82, 2.24) is 9.78 Å². The van der Waals surface area contributed by atoms with Crippen molar-refractivity contribution < 1.29 is 0 Å². The lowest BCUT2D eigenvalue weighted by atomic mass is 10.0. The highest BCUT2D eigenvalue weighted by Gasteiger charge is 2.30. The van der Waals surface area contributed by atoms with Crippen molar-refractivity contribution in [2.45, 2.75) is 51.5 Å². The van der Waals surface area contributed by atoms with Crippen molar-refractivity contribution in [3.63, 3.8) is 0 Å². The summed E-state index contributed by atoms with van der Waals surface area (Å²) in [5.74, 6) is 1.15. The molecule has 1 aliphatic carbocycles. The Kier molecular flexibility index (Phi) is 2.83. The zero-order valence-corrected chi connectivity index (χ0v) is 9.90. The molecule has 1 saturated carbocycles. The van der Waals surface area contributed by atoms with E-state index in [-0.39, 0.29) is 0 Å². The lowest BCUT2D eigenvalue weighted by molar-refractivity contribution is 0.526. The lowest BCUT2D eigenvalue weighted by Gasteiger charge is -2.07. The molecule has 1 heterocycles. The van der Waals surface area contributed by atoms with Crippen LogP contribution in [0.1, 0.15) is 62.7 Å². The Balaban J connectivity index is 2.32. The second kappa shape index (κ2) is 3.97. The van der Waals surface area contributed by atoms with Gasteiger partial charge in [0.1, 0.15) is 0 Å². The minimum absolute atomic E-state index is 0.438. The lowest BCUT2D eigenvalue weighted by Crippen LogP contribution is -2.09. The molecule has 0 bridgehead atoms. The number of nitrogens with zero attached hydrogens (tertiary/aromatic N) is 2. The van der Waals surface area contributed by atoms with E-state index >= 15 is 0 Å². The van der Waals surface area contributed by atoms with Crippen molar-refractivity contribution in [3.05, 3.63) is 17.5 Å². The van der Waals surface area contributed by atoms with Crippen molar-refractivity contribution >= 4 is 0 Å². The van der Waals surface area contributed by atoms with E-state index in [2.05, 4.69) is 31.6 Å². The van der Waals surface area contributed by atoms with E-state index < -0.39 is 0 Å². The average molecular weight is 207 g/mol. The van der Waals surface area contributed by atoms with Gasteiger partial charge in [-0.25, -0.2) is 0 Å². The molecule has 1 aliphatic rings. The third-order valence-electron chi connectivity index (χ3n) is 3.17. The second-order valence-electron chi connectivity index (χ2n) is 4.95. The van der Waals surface area contributed by atoms with Crippen LogP contribution >= 0.6 is 0 Å². The zero-order chi connectivity index (χ0) is 11.0. The van der Waals surface area contributed by atoms with Crippen LogP contribution in [-0.2, 0) is 0 Å². The van der Waals surface area contributed by atoms with Gasteiger partial charge in [0.15, 0.2) is 0 Å². The minimum Gasteiger partial charge on any atom is -0.330 e. The van der Waals surface area contributed by atoms with E-state index in [0.717, 1.165) is 0 Å². The molecule has 2 N–H and O–H groups in total. The van der Waals surface area contributed by atoms with E-state index in [1.165, 1.54) is 24.1 Å². The van der Waals surface area contributed by atoms with E-state index in [0.29, 0.717) is 24.4 Å². The summed E-state index contributed by atoms with van der Waals surface area (Å²) >= 11 is 0. The number of hydrogen-bond donors (Lipinski definition) is 1. The number of nitrogens with two attached hydrogens (primary N) is 1. The monoisotopic (exact) mass is 207 g/mol. The zero-order valence-electron chi connectivity index (χ0n) is 9.90. The molecule has 2 rings (SSSR count). The molecule has 0 spiro atoms. The smallest absolute Gasteiger partial charge is 0.0690 e. The van der Waals surface area contributed by atoms with Crippen LogP contribution in [0.4, 0.5) is 0 Å². The Hall–Kier alpha value is -0.830. The first-order chi connectivity index (χ1) is 7.13. The summed E-state index contributed by atoms with van der Waals surface area (Å²) in [6.45, 7) is 7.23. The maximum Gasteiger partial charge on any atom is 0.0690 e. The van der Waals surface area contributed by atoms with E-state index in [1.54, 1.807) is 0 Å². The van der Waals surface area contributed by atoms with Crippen LogP contribution in [-0.4, -0.2) is 16.3 Å². The fourth-order valence-corrected chi connectivity index (χ4v) is 1.86. The Morgan fingerprint density at radius 2 is 2.13 bits per heavy atom. The Morgan fingerprint density at radius 1 is 1.47 bits per heavy atom. The van der Waals surface area contributed by atoms with Crippen LogP contribution < -0.4 is 5.73 Å². The quantitative estimate of drug-likeness (QED) is 0.824. The number of rotatable bonds is 4. The van der Waals surface area contributed by atoms with Gasteiger partial charge in [-0.05, 0) is 44.7 Å². The topological polar surface area (TPSA) is 43.8 Å². The van der Waals surface area contributed by atoms with Crippen molar-refractivity contribution in [2.24, 2.45) is 5.73 Å². The maximum absolute atomic E-state index is 5.74. The minimum atomic E-state index is 0.438. The first-order valence-corrected chi connectivity index (χ1v) is 5.92. The normalized spacial score (nSPS) is 18.5. The van der Waals surface area contributed by atoms with Gasteiger partial charge in [0.25, 0.3) is 0 Å². The van der Waals surface area contributed by atoms with Crippen LogP contribution in [0.2, 0.25) is 0 Å². The molecule has 3 nitrogen and oxygen atoms in total. The second-order valence-corrected chi connectivity index (χ2v) is 4.95. The summed E-state index contributed by atoms with van der Waals surface area (Å²) in [5.41, 5.74) is 8.42. The first-order valence-electron chi connectivity index (χ1n) is 5.92. The maximum atomic E-state index is 5.74. The highest BCUT2D eigenvalue weighted by Crippen LogP contribution is 2.42. The van der Waals surface area contributed by atoms with Gasteiger partial charge in [0, 0.05) is 18.2 Å². The molecule has 0 aromatic carbocycles. The van der Waals surface area contributed by atoms with Gasteiger partial charge >= 0.3 is 0 Å². The third kappa shape index (κ3) is 2.07. The molecule has 1 aromatic heterocycles. The first kappa shape index (κ1) is 10.7. The summed E-state index contributed by atoms with van der Waals surface area (Å²) in [6, 6.07) is 0.446. The highest BCUT2D eigenvalue weighted by atomic mass is 15.3. The van der Waals surface area contributed by atoms with Crippen LogP contribution in [0, 0.1) is 0 Å². The van der Waals surface area contributed by atoms with Crippen molar-refractivity contribution in [2.75, 3.05) is 6.54 Å². The fraction of sp³-hybridized carbons (Fsp3) is 0.750. The fourth-order valence-electron chi connectivity index (χ4n) is 1.86. The summed E-state index contributed by atoms with van der Waals surface area (Å²) in [7, 11) is 0. The molecule has 0 aliphatic heterocycles. The van der Waals surface area contributed by atoms with Gasteiger partial charge in [-0.1, -0.05) is 6.92 Å². The molecule has 1 unspecified atom stereocenters. The van der Waals surface area contributed by atoms with Crippen molar-refractivity contribution in [1.29, 1.82) is 0 Å². The summed E-state index contributed by atoms with van der Waals surface area (Å²) < 4.78 is 2.08. The van der Waals surface area contributed by atoms with Crippen LogP contribution in [0.5, 0.6) is 0 Å². The number of aromatic nitrogens is 2. The average Bonchev–Trinajstić information content (AvgIpc) is 2.96. The predicted molar refractivity (Wildman–Crippen MR) is 62.1 cm³/mol. The SMILES string of the molecule is CC(CN)c1cn(C(C)C)nc1C1CC1. The summed E-state index contributed by atoms with van der Waals surface area (Å²) in [5, 5.41) is 4.70. The van der Waals surface area contributed by atoms with Crippen LogP contribution in [0.3, 0.4) is 0 Å². The Morgan fingerprint density at radius 3 is 2.60 bits per heavy atom. The molecule has 3 heteroatoms. The van der Waals surface area contributed by atoms with Gasteiger partial charge in [-0.15, -0.1) is 0 Å². The molecule has 1 atom stereocenters. The number of hydrogen-bond acceptors (Lipinski definition) is 2. The molecule has 84 valence electrons. The van der Waals surface area contributed by atoms with Gasteiger partial charge in [-0.2, -0.15) is 5.10 Å². The van der Waals surface area contributed by atoms with Gasteiger partial charge in [0.05, 0.1) is 5.69 Å². The molecular weight excluding hydrogens is 186 g/mol. The van der Waals surface area contributed by atoms with Gasteiger partial charge in [0.2, 0.25) is 0 Å². The molecule has 15 heavy (non-hydrogen) atoms. The standard InChI is InChI=1S/C12H21N3/c1-8(2)15-7-11(9(3)6-13)12(14-15)10-4-5-10/h7-10H,4-6,13H2,1-3H3. The molecule has 0 radical (unpaired) electrons. The Bertz CT molecular complexity index is 337. The predicted octanol–water partition coefficient (Wildman–Crippen LogP) is 2.40. The molecule has 0 saturated heterocycles. The van der Waals surface area contributed by atoms with E-state index in [9.17, 15) is 0 Å². The Labute approximate surface area is 91.7 Å². The van der Waals surface area contributed by atoms with Crippen molar-refractivity contribution in [3.8, 4) is 0 Å². The molecule has 0 amide bonds. The van der Waals surface area contributed by atoms with Crippen LogP contribution in [0.15, 0.2) is 6.20 Å². The van der Waals surface area contributed by atoms with Crippen LogP contribution in [0.25, 0.3) is 0 Å². The van der Waals surface area contributed by atoms with E-state index in [1.807, 2.05) is 0 Å². The summed E-state index contributed by atoms with van der Waals surface area (Å²) in [6.07, 6.45) is 4.80. The molecular formula is C12H21N3. The van der Waals surface area contributed by atoms with E-state index in [4.69, 9.17) is 10.8 Å². The van der Waals surface area contributed by atoms with Gasteiger partial charge < -0.3 is 5.73 Å². The molecule has 1 fully saturated rings.